The third-order valence-corrected chi connectivity index (χ3v) is 8.00. The molecule has 1 fully saturated rings. The van der Waals surface area contributed by atoms with E-state index in [1.54, 1.807) is 43.6 Å². The largest absolute Gasteiger partial charge is 0.393 e. The Balaban J connectivity index is 1.55. The number of hydrogen-bond acceptors (Lipinski definition) is 9. The molecule has 0 radical (unpaired) electrons. The fraction of sp³-hybridized carbons (Fsp3) is 0.381. The number of rotatable bonds is 9. The smallest absolute Gasteiger partial charge is 0.280 e. The summed E-state index contributed by atoms with van der Waals surface area (Å²) in [6, 6.07) is 6.37. The van der Waals surface area contributed by atoms with Crippen LogP contribution < -0.4 is 5.32 Å². The van der Waals surface area contributed by atoms with Crippen LogP contribution in [-0.2, 0) is 21.0 Å². The van der Waals surface area contributed by atoms with Crippen molar-refractivity contribution in [3.63, 3.8) is 0 Å². The zero-order valence-electron chi connectivity index (χ0n) is 17.4. The molecule has 2 aliphatic rings. The van der Waals surface area contributed by atoms with E-state index in [1.165, 1.54) is 11.3 Å². The van der Waals surface area contributed by atoms with Gasteiger partial charge in [0.05, 0.1) is 22.5 Å². The van der Waals surface area contributed by atoms with E-state index in [0.717, 1.165) is 4.88 Å². The van der Waals surface area contributed by atoms with Crippen molar-refractivity contribution in [2.24, 2.45) is 5.16 Å². The van der Waals surface area contributed by atoms with Crippen LogP contribution >= 0.6 is 21.9 Å². The first kappa shape index (κ1) is 22.9. The molecule has 1 aromatic heterocycles. The zero-order chi connectivity index (χ0) is 22.7. The number of carbonyl (C=O) groups is 1. The second-order valence-corrected chi connectivity index (χ2v) is 10.8. The molecule has 172 valence electrons. The molecule has 4 N–H and O–H groups in total. The Morgan fingerprint density at radius 1 is 1.31 bits per heavy atom. The molecule has 32 heavy (non-hydrogen) atoms. The third kappa shape index (κ3) is 5.37. The molecular formula is C21H25N3O6S2. The predicted molar refractivity (Wildman–Crippen MR) is 123 cm³/mol. The highest BCUT2D eigenvalue weighted by molar-refractivity contribution is 8.27. The number of aromatic nitrogens is 1. The summed E-state index contributed by atoms with van der Waals surface area (Å²) < 4.78 is 25.8. The van der Waals surface area contributed by atoms with Gasteiger partial charge in [-0.05, 0) is 25.0 Å². The van der Waals surface area contributed by atoms with Crippen molar-refractivity contribution in [3.05, 3.63) is 51.9 Å². The molecule has 1 heterocycles. The van der Waals surface area contributed by atoms with Crippen molar-refractivity contribution in [3.8, 4) is 0 Å². The Bertz CT molecular complexity index is 1030. The average molecular weight is 480 g/mol. The highest BCUT2D eigenvalue weighted by Crippen LogP contribution is 2.61. The number of methoxy groups -OCH3 is 1. The normalized spacial score (nSPS) is 21.2. The number of aliphatic hydroxyl groups excluding tert-OH is 1. The summed E-state index contributed by atoms with van der Waals surface area (Å²) in [5.41, 5.74) is 0.488. The number of aliphatic hydroxyl groups is 1. The predicted octanol–water partition coefficient (Wildman–Crippen LogP) is 3.96. The summed E-state index contributed by atoms with van der Waals surface area (Å²) in [7, 11) is -1.39. The topological polar surface area (TPSA) is 134 Å². The van der Waals surface area contributed by atoms with E-state index >= 15 is 0 Å². The van der Waals surface area contributed by atoms with Gasteiger partial charge in [0.25, 0.3) is 5.91 Å². The SMILES string of the molecule is COCc1cnc(NC(=O)C(=NO[C@@H]2CC[C@@H](O)C2)c2ccc(S(O)(O)C3=CC3)cc2)s1. The number of carbonyl (C=O) groups excluding carboxylic acids is 1. The molecule has 0 unspecified atom stereocenters. The van der Waals surface area contributed by atoms with Gasteiger partial charge in [-0.15, -0.1) is 10.6 Å². The quantitative estimate of drug-likeness (QED) is 0.316. The Labute approximate surface area is 191 Å². The number of allylic oxidation sites excluding steroid dienone is 2. The van der Waals surface area contributed by atoms with Crippen LogP contribution in [0.4, 0.5) is 5.13 Å². The lowest BCUT2D eigenvalue weighted by molar-refractivity contribution is -0.110. The van der Waals surface area contributed by atoms with E-state index in [1.807, 2.05) is 0 Å². The van der Waals surface area contributed by atoms with E-state index < -0.39 is 22.6 Å². The van der Waals surface area contributed by atoms with Crippen LogP contribution in [0.15, 0.2) is 51.5 Å². The number of ether oxygens (including phenoxy) is 1. The van der Waals surface area contributed by atoms with E-state index in [-0.39, 0.29) is 11.8 Å². The molecule has 2 aliphatic carbocycles. The van der Waals surface area contributed by atoms with Gasteiger partial charge in [0.15, 0.2) is 10.8 Å². The molecule has 0 saturated heterocycles. The fourth-order valence-electron chi connectivity index (χ4n) is 3.32. The minimum atomic E-state index is -2.97. The molecule has 2 aromatic rings. The number of benzene rings is 1. The standard InChI is InChI=1S/C21H25N3O6S2/c1-29-12-16-11-22-21(31-16)23-20(26)19(24-30-15-5-4-14(25)10-15)13-2-6-17(7-3-13)32(27,28)18-8-9-18/h2-3,6-8,11,14-15,25,27-28H,4-5,9-10,12H2,1H3,(H,22,23,26)/t14-,15-/m1/s1. The van der Waals surface area contributed by atoms with Crippen molar-refractivity contribution in [2.45, 2.75) is 49.4 Å². The lowest BCUT2D eigenvalue weighted by Crippen LogP contribution is -2.25. The van der Waals surface area contributed by atoms with E-state index in [9.17, 15) is 19.0 Å². The molecule has 0 spiro atoms. The second kappa shape index (κ2) is 9.69. The maximum atomic E-state index is 13.0. The molecule has 1 amide bonds. The average Bonchev–Trinajstić information content (AvgIpc) is 3.43. The monoisotopic (exact) mass is 479 g/mol. The number of hydrogen-bond donors (Lipinski definition) is 4. The maximum absolute atomic E-state index is 13.0. The Hall–Kier alpha value is -2.28. The molecular weight excluding hydrogens is 454 g/mol. The number of nitrogens with one attached hydrogen (secondary N) is 1. The van der Waals surface area contributed by atoms with Gasteiger partial charge in [0.1, 0.15) is 6.10 Å². The summed E-state index contributed by atoms with van der Waals surface area (Å²) in [6.07, 6.45) is 5.05. The number of amides is 1. The van der Waals surface area contributed by atoms with E-state index in [2.05, 4.69) is 15.5 Å². The maximum Gasteiger partial charge on any atom is 0.280 e. The van der Waals surface area contributed by atoms with Gasteiger partial charge in [0.2, 0.25) is 0 Å². The minimum Gasteiger partial charge on any atom is -0.393 e. The number of oxime groups is 1. The van der Waals surface area contributed by atoms with Crippen LogP contribution in [0.25, 0.3) is 0 Å². The van der Waals surface area contributed by atoms with Gasteiger partial charge >= 0.3 is 0 Å². The highest BCUT2D eigenvalue weighted by Gasteiger charge is 2.28. The van der Waals surface area contributed by atoms with Gasteiger partial charge in [-0.25, -0.2) is 4.98 Å². The van der Waals surface area contributed by atoms with Crippen LogP contribution in [0.3, 0.4) is 0 Å². The van der Waals surface area contributed by atoms with Gasteiger partial charge < -0.3 is 14.7 Å². The van der Waals surface area contributed by atoms with Crippen molar-refractivity contribution >= 4 is 38.7 Å². The first-order valence-electron chi connectivity index (χ1n) is 10.1. The lowest BCUT2D eigenvalue weighted by atomic mass is 10.1. The summed E-state index contributed by atoms with van der Waals surface area (Å²) >= 11 is 1.29. The molecule has 0 aliphatic heterocycles. The molecule has 9 nitrogen and oxygen atoms in total. The van der Waals surface area contributed by atoms with Gasteiger partial charge in [-0.2, -0.15) is 0 Å². The number of nitrogens with zero attached hydrogens (tertiary/aromatic N) is 2. The summed E-state index contributed by atoms with van der Waals surface area (Å²) in [5.74, 6) is -0.508. The van der Waals surface area contributed by atoms with E-state index in [4.69, 9.17) is 9.57 Å². The Morgan fingerprint density at radius 2 is 2.06 bits per heavy atom. The third-order valence-electron chi connectivity index (χ3n) is 5.12. The van der Waals surface area contributed by atoms with Gasteiger partial charge in [-0.3, -0.25) is 19.2 Å². The first-order valence-corrected chi connectivity index (χ1v) is 12.5. The molecule has 2 atom stereocenters. The number of anilines is 1. The highest BCUT2D eigenvalue weighted by atomic mass is 32.3. The van der Waals surface area contributed by atoms with Gasteiger partial charge in [0, 0.05) is 36.6 Å². The molecule has 11 heteroatoms. The molecule has 1 saturated carbocycles. The van der Waals surface area contributed by atoms with Crippen LogP contribution in [0.5, 0.6) is 0 Å². The Kier molecular flexibility index (Phi) is 6.93. The van der Waals surface area contributed by atoms with Crippen LogP contribution in [-0.4, -0.2) is 50.1 Å². The van der Waals surface area contributed by atoms with Crippen molar-refractivity contribution in [1.82, 2.24) is 4.98 Å². The summed E-state index contributed by atoms with van der Waals surface area (Å²) in [4.78, 5) is 24.6. The van der Waals surface area contributed by atoms with Crippen LogP contribution in [0, 0.1) is 0 Å². The first-order chi connectivity index (χ1) is 15.4. The fourth-order valence-corrected chi connectivity index (χ4v) is 5.47. The van der Waals surface area contributed by atoms with Crippen LogP contribution in [0.2, 0.25) is 0 Å². The Morgan fingerprint density at radius 3 is 2.69 bits per heavy atom. The van der Waals surface area contributed by atoms with E-state index in [0.29, 0.717) is 52.8 Å². The van der Waals surface area contributed by atoms with Crippen molar-refractivity contribution < 1.29 is 28.6 Å². The lowest BCUT2D eigenvalue weighted by Gasteiger charge is -2.30. The molecule has 4 rings (SSSR count). The van der Waals surface area contributed by atoms with Crippen molar-refractivity contribution in [2.75, 3.05) is 12.4 Å². The molecule has 0 bridgehead atoms. The summed E-state index contributed by atoms with van der Waals surface area (Å²) in [6.45, 7) is 0.395. The molecule has 1 aromatic carbocycles. The summed E-state index contributed by atoms with van der Waals surface area (Å²) in [5, 5.41) is 16.9. The van der Waals surface area contributed by atoms with Crippen molar-refractivity contribution in [1.29, 1.82) is 0 Å². The van der Waals surface area contributed by atoms with Crippen LogP contribution in [0.1, 0.15) is 36.1 Å². The number of thiazole rings is 1. The van der Waals surface area contributed by atoms with Gasteiger partial charge in [-0.1, -0.05) is 34.7 Å². The minimum absolute atomic E-state index is 0.0311. The zero-order valence-corrected chi connectivity index (χ0v) is 19.1. The second-order valence-electron chi connectivity index (χ2n) is 7.60.